The van der Waals surface area contributed by atoms with Crippen LogP contribution in [0.15, 0.2) is 30.3 Å². The van der Waals surface area contributed by atoms with E-state index in [9.17, 15) is 9.18 Å². The highest BCUT2D eigenvalue weighted by atomic mass is 35.5. The molecule has 4 nitrogen and oxygen atoms in total. The van der Waals surface area contributed by atoms with Crippen LogP contribution in [0.4, 0.5) is 10.1 Å². The molecule has 0 aromatic heterocycles. The zero-order valence-electron chi connectivity index (χ0n) is 12.1. The molecular formula is C17H13ClFNO3. The molecule has 0 bridgehead atoms. The molecule has 0 saturated carbocycles. The summed E-state index contributed by atoms with van der Waals surface area (Å²) in [6.07, 6.45) is 0.132. The van der Waals surface area contributed by atoms with Gasteiger partial charge in [-0.15, -0.1) is 0 Å². The van der Waals surface area contributed by atoms with Crippen molar-refractivity contribution < 1.29 is 18.7 Å². The van der Waals surface area contributed by atoms with Gasteiger partial charge in [-0.1, -0.05) is 17.7 Å². The van der Waals surface area contributed by atoms with Crippen LogP contribution in [0.2, 0.25) is 5.02 Å². The van der Waals surface area contributed by atoms with Crippen LogP contribution in [0.25, 0.3) is 0 Å². The molecule has 2 aromatic rings. The summed E-state index contributed by atoms with van der Waals surface area (Å²) in [6, 6.07) is 8.06. The third-order valence-electron chi connectivity index (χ3n) is 4.10. The Morgan fingerprint density at radius 3 is 2.65 bits per heavy atom. The first-order valence-corrected chi connectivity index (χ1v) is 7.68. The molecule has 118 valence electrons. The summed E-state index contributed by atoms with van der Waals surface area (Å²) < 4.78 is 25.5. The first kappa shape index (κ1) is 14.3. The van der Waals surface area contributed by atoms with Crippen LogP contribution in [0, 0.1) is 5.82 Å². The van der Waals surface area contributed by atoms with Crippen LogP contribution in [0.5, 0.6) is 11.5 Å². The summed E-state index contributed by atoms with van der Waals surface area (Å²) in [6.45, 7) is 0.922. The van der Waals surface area contributed by atoms with Gasteiger partial charge in [0.05, 0.1) is 0 Å². The molecule has 1 N–H and O–H groups in total. The monoisotopic (exact) mass is 333 g/mol. The molecule has 0 spiro atoms. The Labute approximate surface area is 137 Å². The molecule has 1 unspecified atom stereocenters. The van der Waals surface area contributed by atoms with Gasteiger partial charge in [0.15, 0.2) is 11.5 Å². The summed E-state index contributed by atoms with van der Waals surface area (Å²) in [5, 5.41) is 3.12. The standard InChI is InChI=1S/C17H13ClFNO3/c18-11-2-1-3-12(19)17(11)10-7-16(21)20-13-8-15-14(6-9(10)13)22-4-5-23-15/h1-3,6,8,10H,4-5,7H2,(H,20,21). The van der Waals surface area contributed by atoms with Crippen LogP contribution in [-0.2, 0) is 4.79 Å². The van der Waals surface area contributed by atoms with E-state index in [2.05, 4.69) is 5.32 Å². The molecule has 1 atom stereocenters. The first-order chi connectivity index (χ1) is 11.1. The molecule has 6 heteroatoms. The normalized spacial score (nSPS) is 19.0. The average molecular weight is 334 g/mol. The van der Waals surface area contributed by atoms with Gasteiger partial charge in [0.25, 0.3) is 0 Å². The largest absolute Gasteiger partial charge is 0.486 e. The third kappa shape index (κ3) is 2.41. The Bertz CT molecular complexity index is 788. The molecule has 2 aliphatic heterocycles. The molecule has 4 rings (SSSR count). The molecule has 0 radical (unpaired) electrons. The minimum absolute atomic E-state index is 0.132. The van der Waals surface area contributed by atoms with E-state index in [0.29, 0.717) is 41.0 Å². The molecule has 0 aliphatic carbocycles. The topological polar surface area (TPSA) is 47.6 Å². The van der Waals surface area contributed by atoms with Crippen molar-refractivity contribution in [3.63, 3.8) is 0 Å². The van der Waals surface area contributed by atoms with Gasteiger partial charge in [-0.3, -0.25) is 4.79 Å². The SMILES string of the molecule is O=C1CC(c2c(F)cccc2Cl)c2cc3c(cc2N1)OCCO3. The smallest absolute Gasteiger partial charge is 0.225 e. The van der Waals surface area contributed by atoms with Crippen molar-refractivity contribution >= 4 is 23.2 Å². The van der Waals surface area contributed by atoms with Crippen LogP contribution < -0.4 is 14.8 Å². The van der Waals surface area contributed by atoms with Gasteiger partial charge in [0, 0.05) is 34.7 Å². The second-order valence-corrected chi connectivity index (χ2v) is 5.93. The van der Waals surface area contributed by atoms with Gasteiger partial charge >= 0.3 is 0 Å². The highest BCUT2D eigenvalue weighted by Gasteiger charge is 2.32. The summed E-state index contributed by atoms with van der Waals surface area (Å²) in [5.74, 6) is 0.124. The maximum Gasteiger partial charge on any atom is 0.225 e. The number of rotatable bonds is 1. The predicted octanol–water partition coefficient (Wildman–Crippen LogP) is 3.72. The molecule has 2 aliphatic rings. The van der Waals surface area contributed by atoms with E-state index in [1.54, 1.807) is 24.3 Å². The molecule has 2 aromatic carbocycles. The van der Waals surface area contributed by atoms with Gasteiger partial charge < -0.3 is 14.8 Å². The van der Waals surface area contributed by atoms with E-state index in [0.717, 1.165) is 5.56 Å². The van der Waals surface area contributed by atoms with E-state index in [1.165, 1.54) is 6.07 Å². The average Bonchev–Trinajstić information content (AvgIpc) is 2.53. The Balaban J connectivity index is 1.89. The Kier molecular flexibility index (Phi) is 3.38. The number of ether oxygens (including phenoxy) is 2. The Morgan fingerprint density at radius 1 is 1.17 bits per heavy atom. The number of carbonyl (C=O) groups excluding carboxylic acids is 1. The summed E-state index contributed by atoms with van der Waals surface area (Å²) in [7, 11) is 0. The van der Waals surface area contributed by atoms with Gasteiger partial charge in [-0.25, -0.2) is 4.39 Å². The van der Waals surface area contributed by atoms with Crippen molar-refractivity contribution in [1.29, 1.82) is 0 Å². The van der Waals surface area contributed by atoms with Gasteiger partial charge in [-0.05, 0) is 23.8 Å². The maximum absolute atomic E-state index is 14.3. The number of anilines is 1. The van der Waals surface area contributed by atoms with E-state index in [4.69, 9.17) is 21.1 Å². The van der Waals surface area contributed by atoms with Crippen molar-refractivity contribution in [2.75, 3.05) is 18.5 Å². The molecular weight excluding hydrogens is 321 g/mol. The van der Waals surface area contributed by atoms with Crippen molar-refractivity contribution in [2.45, 2.75) is 12.3 Å². The fourth-order valence-corrected chi connectivity index (χ4v) is 3.39. The Hall–Kier alpha value is -2.27. The number of fused-ring (bicyclic) bond motifs is 2. The number of amides is 1. The molecule has 1 amide bonds. The molecule has 2 heterocycles. The summed E-state index contributed by atoms with van der Waals surface area (Å²) in [5.41, 5.74) is 1.72. The highest BCUT2D eigenvalue weighted by Crippen LogP contribution is 2.45. The lowest BCUT2D eigenvalue weighted by molar-refractivity contribution is -0.116. The first-order valence-electron chi connectivity index (χ1n) is 7.31. The third-order valence-corrected chi connectivity index (χ3v) is 4.43. The van der Waals surface area contributed by atoms with Crippen molar-refractivity contribution in [1.82, 2.24) is 0 Å². The number of hydrogen-bond donors (Lipinski definition) is 1. The van der Waals surface area contributed by atoms with E-state index >= 15 is 0 Å². The predicted molar refractivity (Wildman–Crippen MR) is 83.9 cm³/mol. The maximum atomic E-state index is 14.3. The number of benzene rings is 2. The van der Waals surface area contributed by atoms with E-state index < -0.39 is 11.7 Å². The molecule has 0 fully saturated rings. The zero-order valence-corrected chi connectivity index (χ0v) is 12.8. The summed E-state index contributed by atoms with van der Waals surface area (Å²) in [4.78, 5) is 12.1. The quantitative estimate of drug-likeness (QED) is 0.865. The second kappa shape index (κ2) is 5.42. The summed E-state index contributed by atoms with van der Waals surface area (Å²) >= 11 is 6.19. The minimum Gasteiger partial charge on any atom is -0.486 e. The fraction of sp³-hybridized carbons (Fsp3) is 0.235. The number of halogens is 2. The van der Waals surface area contributed by atoms with Crippen molar-refractivity contribution in [2.24, 2.45) is 0 Å². The van der Waals surface area contributed by atoms with E-state index in [1.807, 2.05) is 0 Å². The number of hydrogen-bond acceptors (Lipinski definition) is 3. The number of nitrogens with one attached hydrogen (secondary N) is 1. The van der Waals surface area contributed by atoms with Crippen LogP contribution in [0.3, 0.4) is 0 Å². The van der Waals surface area contributed by atoms with Crippen LogP contribution >= 0.6 is 11.6 Å². The number of carbonyl (C=O) groups is 1. The fourth-order valence-electron chi connectivity index (χ4n) is 3.10. The van der Waals surface area contributed by atoms with Crippen molar-refractivity contribution in [3.8, 4) is 11.5 Å². The highest BCUT2D eigenvalue weighted by molar-refractivity contribution is 6.31. The van der Waals surface area contributed by atoms with Crippen LogP contribution in [0.1, 0.15) is 23.5 Å². The molecule has 0 saturated heterocycles. The second-order valence-electron chi connectivity index (χ2n) is 5.52. The van der Waals surface area contributed by atoms with Crippen molar-refractivity contribution in [3.05, 3.63) is 52.3 Å². The van der Waals surface area contributed by atoms with Gasteiger partial charge in [0.1, 0.15) is 19.0 Å². The lowest BCUT2D eigenvalue weighted by Gasteiger charge is -2.29. The minimum atomic E-state index is -0.455. The zero-order chi connectivity index (χ0) is 16.0. The van der Waals surface area contributed by atoms with Gasteiger partial charge in [0.2, 0.25) is 5.91 Å². The molecule has 23 heavy (non-hydrogen) atoms. The van der Waals surface area contributed by atoms with Gasteiger partial charge in [-0.2, -0.15) is 0 Å². The lowest BCUT2D eigenvalue weighted by atomic mass is 9.84. The van der Waals surface area contributed by atoms with E-state index in [-0.39, 0.29) is 12.3 Å². The Morgan fingerprint density at radius 2 is 1.91 bits per heavy atom. The lowest BCUT2D eigenvalue weighted by Crippen LogP contribution is -2.25. The van der Waals surface area contributed by atoms with Crippen LogP contribution in [-0.4, -0.2) is 19.1 Å².